The Morgan fingerprint density at radius 1 is 1.16 bits per heavy atom. The first-order valence-corrected chi connectivity index (χ1v) is 12.3. The molecule has 32 heavy (non-hydrogen) atoms. The molecule has 0 aromatic heterocycles. The van der Waals surface area contributed by atoms with Crippen LogP contribution in [0.3, 0.4) is 0 Å². The molecular formula is C23H26N2O6S. The van der Waals surface area contributed by atoms with Crippen LogP contribution in [0.2, 0.25) is 0 Å². The smallest absolute Gasteiger partial charge is 0.226 e. The molecule has 1 unspecified atom stereocenters. The van der Waals surface area contributed by atoms with Crippen LogP contribution in [0.5, 0.6) is 11.5 Å². The van der Waals surface area contributed by atoms with E-state index in [0.717, 1.165) is 11.3 Å². The number of nitrogens with zero attached hydrogens (tertiary/aromatic N) is 1. The molecule has 0 bridgehead atoms. The summed E-state index contributed by atoms with van der Waals surface area (Å²) < 4.78 is 36.9. The third-order valence-electron chi connectivity index (χ3n) is 5.60. The van der Waals surface area contributed by atoms with Gasteiger partial charge in [-0.3, -0.25) is 9.59 Å². The van der Waals surface area contributed by atoms with Crippen LogP contribution >= 0.6 is 0 Å². The quantitative estimate of drug-likeness (QED) is 0.682. The Bertz CT molecular complexity index is 1130. The van der Waals surface area contributed by atoms with Crippen molar-refractivity contribution in [2.24, 2.45) is 0 Å². The van der Waals surface area contributed by atoms with Crippen LogP contribution in [-0.2, 0) is 25.8 Å². The van der Waals surface area contributed by atoms with E-state index < -0.39 is 9.84 Å². The lowest BCUT2D eigenvalue weighted by molar-refractivity contribution is -0.121. The second kappa shape index (κ2) is 9.20. The molecule has 0 radical (unpaired) electrons. The Hall–Kier alpha value is -3.07. The van der Waals surface area contributed by atoms with E-state index in [4.69, 9.17) is 9.47 Å². The molecule has 2 heterocycles. The number of amides is 2. The highest BCUT2D eigenvalue weighted by Gasteiger charge is 2.26. The standard InChI is InChI=1S/C23H26N2O6S/c1-2-23(27)25-11-9-16-13-18(7-8-19(16)25)32(28,29)12-10-22(26)24-14-17-15-30-20-5-3-4-6-21(20)31-17/h3-8,13,17H,2,9-12,14-15H2,1H3,(H,24,26). The van der Waals surface area contributed by atoms with Crippen LogP contribution < -0.4 is 19.7 Å². The molecular weight excluding hydrogens is 432 g/mol. The molecule has 1 N–H and O–H groups in total. The summed E-state index contributed by atoms with van der Waals surface area (Å²) in [7, 11) is -3.62. The van der Waals surface area contributed by atoms with Crippen LogP contribution in [0.15, 0.2) is 47.4 Å². The molecule has 0 spiro atoms. The zero-order valence-corrected chi connectivity index (χ0v) is 18.7. The molecule has 2 aromatic rings. The molecule has 2 aliphatic heterocycles. The maximum absolute atomic E-state index is 12.7. The van der Waals surface area contributed by atoms with Crippen molar-refractivity contribution in [3.8, 4) is 11.5 Å². The number of anilines is 1. The fourth-order valence-corrected chi connectivity index (χ4v) is 5.13. The van der Waals surface area contributed by atoms with Crippen molar-refractivity contribution >= 4 is 27.3 Å². The summed E-state index contributed by atoms with van der Waals surface area (Å²) in [5.74, 6) is 0.651. The highest BCUT2D eigenvalue weighted by atomic mass is 32.2. The van der Waals surface area contributed by atoms with Crippen molar-refractivity contribution in [2.75, 3.05) is 30.3 Å². The second-order valence-electron chi connectivity index (χ2n) is 7.81. The third-order valence-corrected chi connectivity index (χ3v) is 7.32. The monoisotopic (exact) mass is 458 g/mol. The van der Waals surface area contributed by atoms with E-state index >= 15 is 0 Å². The summed E-state index contributed by atoms with van der Waals surface area (Å²) >= 11 is 0. The minimum absolute atomic E-state index is 0.0202. The van der Waals surface area contributed by atoms with Crippen molar-refractivity contribution in [1.82, 2.24) is 5.32 Å². The normalized spacial score (nSPS) is 17.0. The number of hydrogen-bond donors (Lipinski definition) is 1. The topological polar surface area (TPSA) is 102 Å². The van der Waals surface area contributed by atoms with Crippen LogP contribution in [0.4, 0.5) is 5.69 Å². The van der Waals surface area contributed by atoms with Gasteiger partial charge in [0.25, 0.3) is 0 Å². The predicted octanol–water partition coefficient (Wildman–Crippen LogP) is 2.11. The van der Waals surface area contributed by atoms with Crippen molar-refractivity contribution < 1.29 is 27.5 Å². The van der Waals surface area contributed by atoms with Gasteiger partial charge in [-0.25, -0.2) is 8.42 Å². The average molecular weight is 459 g/mol. The summed E-state index contributed by atoms with van der Waals surface area (Å²) in [4.78, 5) is 26.1. The van der Waals surface area contributed by atoms with Gasteiger partial charge >= 0.3 is 0 Å². The van der Waals surface area contributed by atoms with E-state index in [9.17, 15) is 18.0 Å². The first-order chi connectivity index (χ1) is 15.4. The number of hydrogen-bond acceptors (Lipinski definition) is 6. The van der Waals surface area contributed by atoms with Crippen LogP contribution in [-0.4, -0.2) is 51.8 Å². The zero-order chi connectivity index (χ0) is 22.7. The SMILES string of the molecule is CCC(=O)N1CCc2cc(S(=O)(=O)CCC(=O)NCC3COc4ccccc4O3)ccc21. The first-order valence-electron chi connectivity index (χ1n) is 10.7. The Labute approximate surface area is 187 Å². The number of para-hydroxylation sites is 2. The number of carbonyl (C=O) groups excluding carboxylic acids is 2. The lowest BCUT2D eigenvalue weighted by Crippen LogP contribution is -2.41. The number of benzene rings is 2. The largest absolute Gasteiger partial charge is 0.486 e. The maximum atomic E-state index is 12.7. The summed E-state index contributed by atoms with van der Waals surface area (Å²) in [6.45, 7) is 2.90. The molecule has 0 fully saturated rings. The van der Waals surface area contributed by atoms with Gasteiger partial charge in [-0.2, -0.15) is 0 Å². The van der Waals surface area contributed by atoms with Crippen LogP contribution in [0, 0.1) is 0 Å². The Kier molecular flexibility index (Phi) is 6.36. The predicted molar refractivity (Wildman–Crippen MR) is 119 cm³/mol. The number of fused-ring (bicyclic) bond motifs is 2. The number of rotatable bonds is 7. The molecule has 1 atom stereocenters. The molecule has 0 saturated heterocycles. The van der Waals surface area contributed by atoms with Crippen LogP contribution in [0.25, 0.3) is 0 Å². The van der Waals surface area contributed by atoms with Crippen molar-refractivity contribution in [3.63, 3.8) is 0 Å². The Morgan fingerprint density at radius 2 is 1.94 bits per heavy atom. The third kappa shape index (κ3) is 4.72. The van der Waals surface area contributed by atoms with Gasteiger partial charge in [0, 0.05) is 25.1 Å². The van der Waals surface area contributed by atoms with Gasteiger partial charge in [-0.1, -0.05) is 19.1 Å². The minimum atomic E-state index is -3.62. The number of sulfone groups is 1. The van der Waals surface area contributed by atoms with Gasteiger partial charge in [0.05, 0.1) is 17.2 Å². The summed E-state index contributed by atoms with van der Waals surface area (Å²) in [5, 5.41) is 2.72. The Morgan fingerprint density at radius 3 is 2.72 bits per heavy atom. The Balaban J connectivity index is 1.30. The number of nitrogens with one attached hydrogen (secondary N) is 1. The molecule has 0 saturated carbocycles. The molecule has 0 aliphatic carbocycles. The van der Waals surface area contributed by atoms with Gasteiger partial charge in [0.15, 0.2) is 21.3 Å². The average Bonchev–Trinajstić information content (AvgIpc) is 3.24. The molecule has 9 heteroatoms. The molecule has 2 aliphatic rings. The molecule has 4 rings (SSSR count). The minimum Gasteiger partial charge on any atom is -0.486 e. The van der Waals surface area contributed by atoms with E-state index in [1.165, 1.54) is 6.07 Å². The fraction of sp³-hybridized carbons (Fsp3) is 0.391. The molecule has 2 amide bonds. The number of ether oxygens (including phenoxy) is 2. The van der Waals surface area contributed by atoms with E-state index in [0.29, 0.717) is 37.5 Å². The van der Waals surface area contributed by atoms with Gasteiger partial charge < -0.3 is 19.7 Å². The highest BCUT2D eigenvalue weighted by Crippen LogP contribution is 2.32. The van der Waals surface area contributed by atoms with Gasteiger partial charge in [-0.05, 0) is 42.3 Å². The van der Waals surface area contributed by atoms with E-state index in [-0.39, 0.29) is 41.5 Å². The van der Waals surface area contributed by atoms with E-state index in [1.54, 1.807) is 30.0 Å². The van der Waals surface area contributed by atoms with E-state index in [1.807, 2.05) is 18.2 Å². The van der Waals surface area contributed by atoms with Crippen LogP contribution in [0.1, 0.15) is 25.3 Å². The van der Waals surface area contributed by atoms with Crippen molar-refractivity contribution in [1.29, 1.82) is 0 Å². The lowest BCUT2D eigenvalue weighted by atomic mass is 10.2. The fourth-order valence-electron chi connectivity index (χ4n) is 3.85. The van der Waals surface area contributed by atoms with Gasteiger partial charge in [0.2, 0.25) is 11.8 Å². The first kappa shape index (κ1) is 22.1. The van der Waals surface area contributed by atoms with Crippen molar-refractivity contribution in [2.45, 2.75) is 37.2 Å². The molecule has 170 valence electrons. The maximum Gasteiger partial charge on any atom is 0.226 e. The van der Waals surface area contributed by atoms with E-state index in [2.05, 4.69) is 5.32 Å². The van der Waals surface area contributed by atoms with Crippen molar-refractivity contribution in [3.05, 3.63) is 48.0 Å². The zero-order valence-electron chi connectivity index (χ0n) is 17.9. The van der Waals surface area contributed by atoms with Gasteiger partial charge in [-0.15, -0.1) is 0 Å². The number of carbonyl (C=O) groups is 2. The van der Waals surface area contributed by atoms with Gasteiger partial charge in [0.1, 0.15) is 12.7 Å². The summed E-state index contributed by atoms with van der Waals surface area (Å²) in [5.41, 5.74) is 1.61. The second-order valence-corrected chi connectivity index (χ2v) is 9.92. The molecule has 2 aromatic carbocycles. The summed E-state index contributed by atoms with van der Waals surface area (Å²) in [6.07, 6.45) is 0.539. The lowest BCUT2D eigenvalue weighted by Gasteiger charge is -2.26. The highest BCUT2D eigenvalue weighted by molar-refractivity contribution is 7.91. The summed E-state index contributed by atoms with van der Waals surface area (Å²) in [6, 6.07) is 12.1. The molecule has 8 nitrogen and oxygen atoms in total.